The molecule has 0 aromatic heterocycles. The summed E-state index contributed by atoms with van der Waals surface area (Å²) in [5, 5.41) is 17.5. The molecule has 0 aromatic rings. The zero-order valence-electron chi connectivity index (χ0n) is 39.1. The smallest absolute Gasteiger partial charge is 0.223 e. The first kappa shape index (κ1) is 54.7. The second-order valence-electron chi connectivity index (χ2n) is 18.1. The predicted octanol–water partition coefficient (Wildman–Crippen LogP) is 8.29. The summed E-state index contributed by atoms with van der Waals surface area (Å²) in [7, 11) is 8.55. The summed E-state index contributed by atoms with van der Waals surface area (Å²) in [5.74, 6) is 0.656. The number of hydrogen-bond donors (Lipinski definition) is 2. The molecule has 0 radical (unpaired) electrons. The SMILES string of the molecule is CN(CCCCCCCCCCCCCCCCCCO)CCC(=O)N1CCN(C)CC1.CN(CCCCCCCCCCCCO)CCC(=O)N1CCN(C)CC1. The summed E-state index contributed by atoms with van der Waals surface area (Å²) >= 11 is 0. The molecule has 344 valence electrons. The number of amides is 2. The molecule has 10 heteroatoms. The minimum absolute atomic E-state index is 0.323. The van der Waals surface area contributed by atoms with Crippen molar-refractivity contribution in [1.29, 1.82) is 0 Å². The third-order valence-electron chi connectivity index (χ3n) is 12.5. The quantitative estimate of drug-likeness (QED) is 0.0611. The van der Waals surface area contributed by atoms with Gasteiger partial charge in [0.05, 0.1) is 0 Å². The number of hydrogen-bond acceptors (Lipinski definition) is 8. The molecule has 0 unspecified atom stereocenters. The second-order valence-corrected chi connectivity index (χ2v) is 18.1. The van der Waals surface area contributed by atoms with E-state index >= 15 is 0 Å². The molecule has 58 heavy (non-hydrogen) atoms. The largest absolute Gasteiger partial charge is 0.396 e. The van der Waals surface area contributed by atoms with E-state index in [4.69, 9.17) is 10.2 Å². The third kappa shape index (κ3) is 33.4. The number of likely N-dealkylation sites (N-methyl/N-ethyl adjacent to an activating group) is 2. The van der Waals surface area contributed by atoms with Crippen LogP contribution in [0.5, 0.6) is 0 Å². The van der Waals surface area contributed by atoms with Gasteiger partial charge in [-0.15, -0.1) is 0 Å². The van der Waals surface area contributed by atoms with Gasteiger partial charge in [0.15, 0.2) is 0 Å². The van der Waals surface area contributed by atoms with E-state index in [1.807, 2.05) is 9.80 Å². The number of nitrogens with zero attached hydrogens (tertiary/aromatic N) is 6. The Morgan fingerprint density at radius 1 is 0.362 bits per heavy atom. The molecule has 0 aromatic carbocycles. The Morgan fingerprint density at radius 2 is 0.586 bits per heavy atom. The lowest BCUT2D eigenvalue weighted by Gasteiger charge is -2.32. The molecule has 10 nitrogen and oxygen atoms in total. The van der Waals surface area contributed by atoms with Gasteiger partial charge in [0.1, 0.15) is 0 Å². The molecular weight excluding hydrogens is 725 g/mol. The van der Waals surface area contributed by atoms with Crippen molar-refractivity contribution >= 4 is 11.8 Å². The number of piperazine rings is 2. The van der Waals surface area contributed by atoms with E-state index in [1.165, 1.54) is 154 Å². The van der Waals surface area contributed by atoms with E-state index in [0.29, 0.717) is 37.9 Å². The van der Waals surface area contributed by atoms with Crippen LogP contribution in [0.25, 0.3) is 0 Å². The van der Waals surface area contributed by atoms with Crippen LogP contribution in [0.3, 0.4) is 0 Å². The summed E-state index contributed by atoms with van der Waals surface area (Å²) in [6.45, 7) is 12.3. The maximum atomic E-state index is 12.3. The Hall–Kier alpha value is -1.30. The maximum absolute atomic E-state index is 12.3. The van der Waals surface area contributed by atoms with Crippen molar-refractivity contribution in [2.45, 2.75) is 180 Å². The van der Waals surface area contributed by atoms with Gasteiger partial charge in [0.25, 0.3) is 0 Å². The maximum Gasteiger partial charge on any atom is 0.223 e. The topological polar surface area (TPSA) is 94.0 Å². The van der Waals surface area contributed by atoms with Crippen LogP contribution in [0.15, 0.2) is 0 Å². The molecule has 0 bridgehead atoms. The fourth-order valence-corrected chi connectivity index (χ4v) is 8.10. The Kier molecular flexibility index (Phi) is 37.6. The van der Waals surface area contributed by atoms with Crippen molar-refractivity contribution in [3.05, 3.63) is 0 Å². The van der Waals surface area contributed by atoms with Crippen LogP contribution in [-0.2, 0) is 9.59 Å². The standard InChI is InChI=1S/C27H55N3O2.C21H43N3O2/c1-28(21-19-27(32)30-24-22-29(2)23-25-30)20-17-15-13-11-9-7-5-3-4-6-8-10-12-14-16-18-26-31;1-22(15-13-21(26)24-18-16-23(2)17-19-24)14-11-9-7-5-3-4-6-8-10-12-20-25/h31H,3-26H2,1-2H3;25H,3-20H2,1-2H3. The Bertz CT molecular complexity index is 913. The van der Waals surface area contributed by atoms with E-state index < -0.39 is 0 Å². The van der Waals surface area contributed by atoms with Crippen LogP contribution in [0.2, 0.25) is 0 Å². The molecule has 2 amide bonds. The average Bonchev–Trinajstić information content (AvgIpc) is 3.23. The summed E-state index contributed by atoms with van der Waals surface area (Å²) in [5.41, 5.74) is 0. The van der Waals surface area contributed by atoms with E-state index in [9.17, 15) is 9.59 Å². The highest BCUT2D eigenvalue weighted by Gasteiger charge is 2.20. The zero-order valence-corrected chi connectivity index (χ0v) is 39.1. The van der Waals surface area contributed by atoms with Crippen molar-refractivity contribution < 1.29 is 19.8 Å². The van der Waals surface area contributed by atoms with Gasteiger partial charge >= 0.3 is 0 Å². The molecule has 2 aliphatic heterocycles. The number of carbonyl (C=O) groups excluding carboxylic acids is 2. The first-order chi connectivity index (χ1) is 28.3. The molecule has 2 rings (SSSR count). The molecule has 2 heterocycles. The lowest BCUT2D eigenvalue weighted by molar-refractivity contribution is -0.133. The number of carbonyl (C=O) groups is 2. The first-order valence-corrected chi connectivity index (χ1v) is 24.8. The number of unbranched alkanes of at least 4 members (excludes halogenated alkanes) is 24. The highest BCUT2D eigenvalue weighted by Crippen LogP contribution is 2.15. The molecule has 0 spiro atoms. The van der Waals surface area contributed by atoms with Crippen LogP contribution in [0.4, 0.5) is 0 Å². The van der Waals surface area contributed by atoms with Gasteiger partial charge in [0, 0.05) is 91.5 Å². The van der Waals surface area contributed by atoms with E-state index in [-0.39, 0.29) is 0 Å². The fourth-order valence-electron chi connectivity index (χ4n) is 8.10. The van der Waals surface area contributed by atoms with Gasteiger partial charge in [-0.05, 0) is 67.0 Å². The molecule has 2 fully saturated rings. The van der Waals surface area contributed by atoms with Crippen molar-refractivity contribution in [3.8, 4) is 0 Å². The molecule has 2 N–H and O–H groups in total. The van der Waals surface area contributed by atoms with Gasteiger partial charge in [-0.3, -0.25) is 9.59 Å². The summed E-state index contributed by atoms with van der Waals surface area (Å²) < 4.78 is 0. The molecule has 0 aliphatic carbocycles. The highest BCUT2D eigenvalue weighted by molar-refractivity contribution is 5.76. The van der Waals surface area contributed by atoms with Gasteiger partial charge in [-0.2, -0.15) is 0 Å². The van der Waals surface area contributed by atoms with Crippen LogP contribution >= 0.6 is 0 Å². The zero-order chi connectivity index (χ0) is 42.3. The van der Waals surface area contributed by atoms with Crippen LogP contribution in [-0.4, -0.2) is 171 Å². The predicted molar refractivity (Wildman–Crippen MR) is 247 cm³/mol. The van der Waals surface area contributed by atoms with Crippen molar-refractivity contribution in [2.75, 3.05) is 120 Å². The van der Waals surface area contributed by atoms with E-state index in [2.05, 4.69) is 47.8 Å². The first-order valence-electron chi connectivity index (χ1n) is 24.8. The van der Waals surface area contributed by atoms with Gasteiger partial charge < -0.3 is 39.6 Å². The molecular formula is C48H98N6O4. The molecule has 0 atom stereocenters. The van der Waals surface area contributed by atoms with Crippen LogP contribution < -0.4 is 0 Å². The molecule has 2 aliphatic rings. The monoisotopic (exact) mass is 823 g/mol. The lowest BCUT2D eigenvalue weighted by atomic mass is 10.0. The Morgan fingerprint density at radius 3 is 0.828 bits per heavy atom. The van der Waals surface area contributed by atoms with Gasteiger partial charge in [-0.25, -0.2) is 0 Å². The van der Waals surface area contributed by atoms with Gasteiger partial charge in [-0.1, -0.05) is 141 Å². The summed E-state index contributed by atoms with van der Waals surface area (Å²) in [4.78, 5) is 37.8. The summed E-state index contributed by atoms with van der Waals surface area (Å²) in [6, 6.07) is 0. The minimum Gasteiger partial charge on any atom is -0.396 e. The molecule has 0 saturated carbocycles. The van der Waals surface area contributed by atoms with Crippen LogP contribution in [0.1, 0.15) is 180 Å². The number of rotatable bonds is 36. The lowest BCUT2D eigenvalue weighted by Crippen LogP contribution is -2.47. The number of aliphatic hydroxyl groups is 2. The average molecular weight is 823 g/mol. The van der Waals surface area contributed by atoms with Gasteiger partial charge in [0.2, 0.25) is 11.8 Å². The van der Waals surface area contributed by atoms with E-state index in [0.717, 1.165) is 91.4 Å². The van der Waals surface area contributed by atoms with Crippen LogP contribution in [0, 0.1) is 0 Å². The van der Waals surface area contributed by atoms with E-state index in [1.54, 1.807) is 0 Å². The number of aliphatic hydroxyl groups excluding tert-OH is 2. The van der Waals surface area contributed by atoms with Crippen molar-refractivity contribution in [3.63, 3.8) is 0 Å². The normalized spacial score (nSPS) is 15.4. The second kappa shape index (κ2) is 39.8. The minimum atomic E-state index is 0.323. The van der Waals surface area contributed by atoms with Crippen molar-refractivity contribution in [2.24, 2.45) is 0 Å². The van der Waals surface area contributed by atoms with Crippen molar-refractivity contribution in [1.82, 2.24) is 29.4 Å². The third-order valence-corrected chi connectivity index (χ3v) is 12.5. The molecule has 2 saturated heterocycles. The Labute approximate surface area is 359 Å². The Balaban J connectivity index is 0.000000593. The fraction of sp³-hybridized carbons (Fsp3) is 0.958. The highest BCUT2D eigenvalue weighted by atomic mass is 16.3. The summed E-state index contributed by atoms with van der Waals surface area (Å²) in [6.07, 6.45) is 35.5.